The molecule has 2 aliphatic rings. The Hall–Kier alpha value is -3.14. The molecular formula is C33H45N5O4. The Labute approximate surface area is 249 Å². The van der Waals surface area contributed by atoms with Gasteiger partial charge in [-0.3, -0.25) is 9.78 Å². The summed E-state index contributed by atoms with van der Waals surface area (Å²) in [5.74, 6) is 1.68. The van der Waals surface area contributed by atoms with Crippen LogP contribution in [0.4, 0.5) is 0 Å². The van der Waals surface area contributed by atoms with Crippen molar-refractivity contribution < 1.29 is 19.2 Å². The fourth-order valence-electron chi connectivity index (χ4n) is 7.06. The van der Waals surface area contributed by atoms with Crippen molar-refractivity contribution in [3.05, 3.63) is 65.3 Å². The average molecular weight is 576 g/mol. The first-order valence-corrected chi connectivity index (χ1v) is 15.0. The second kappa shape index (κ2) is 11.5. The van der Waals surface area contributed by atoms with Crippen molar-refractivity contribution >= 4 is 5.91 Å². The maximum Gasteiger partial charge on any atom is 0.248 e. The molecule has 1 aromatic carbocycles. The van der Waals surface area contributed by atoms with E-state index in [9.17, 15) is 9.90 Å². The molecule has 2 aliphatic heterocycles. The summed E-state index contributed by atoms with van der Waals surface area (Å²) in [5.41, 5.74) is 1.50. The van der Waals surface area contributed by atoms with Crippen molar-refractivity contribution in [2.24, 2.45) is 11.3 Å². The lowest BCUT2D eigenvalue weighted by atomic mass is 9.62. The van der Waals surface area contributed by atoms with Crippen LogP contribution in [0.15, 0.2) is 47.2 Å². The molecule has 1 atom stereocenters. The van der Waals surface area contributed by atoms with Gasteiger partial charge in [-0.25, -0.2) is 0 Å². The lowest BCUT2D eigenvalue weighted by Crippen LogP contribution is -2.63. The first-order chi connectivity index (χ1) is 19.9. The van der Waals surface area contributed by atoms with E-state index in [1.54, 1.807) is 19.5 Å². The molecular weight excluding hydrogens is 530 g/mol. The summed E-state index contributed by atoms with van der Waals surface area (Å²) in [7, 11) is 3.61. The molecule has 2 aromatic heterocycles. The predicted molar refractivity (Wildman–Crippen MR) is 161 cm³/mol. The second-order valence-electron chi connectivity index (χ2n) is 13.2. The van der Waals surface area contributed by atoms with Gasteiger partial charge in [0.2, 0.25) is 17.6 Å². The van der Waals surface area contributed by atoms with Crippen LogP contribution in [-0.4, -0.2) is 82.9 Å². The van der Waals surface area contributed by atoms with Gasteiger partial charge in [-0.05, 0) is 48.9 Å². The number of hydrogen-bond donors (Lipinski definition) is 1. The van der Waals surface area contributed by atoms with Crippen molar-refractivity contribution in [3.8, 4) is 11.4 Å². The normalized spacial score (nSPS) is 20.0. The zero-order chi connectivity index (χ0) is 30.3. The van der Waals surface area contributed by atoms with Crippen LogP contribution in [0, 0.1) is 11.3 Å². The van der Waals surface area contributed by atoms with Gasteiger partial charge in [-0.15, -0.1) is 0 Å². The summed E-state index contributed by atoms with van der Waals surface area (Å²) in [4.78, 5) is 25.9. The topological polar surface area (TPSA) is 105 Å². The molecule has 42 heavy (non-hydrogen) atoms. The molecule has 4 heterocycles. The molecule has 226 valence electrons. The number of carbonyl (C=O) groups is 1. The highest BCUT2D eigenvalue weighted by Gasteiger charge is 2.55. The molecule has 0 unspecified atom stereocenters. The van der Waals surface area contributed by atoms with Crippen molar-refractivity contribution in [2.75, 3.05) is 46.9 Å². The smallest absolute Gasteiger partial charge is 0.248 e. The summed E-state index contributed by atoms with van der Waals surface area (Å²) < 4.78 is 11.0. The van der Waals surface area contributed by atoms with Gasteiger partial charge in [-0.2, -0.15) is 4.98 Å². The number of nitrogens with zero attached hydrogens (tertiary/aromatic N) is 5. The lowest BCUT2D eigenvalue weighted by molar-refractivity contribution is -0.137. The maximum atomic E-state index is 12.6. The molecule has 2 fully saturated rings. The first kappa shape index (κ1) is 30.3. The van der Waals surface area contributed by atoms with E-state index in [0.29, 0.717) is 41.8 Å². The van der Waals surface area contributed by atoms with Crippen LogP contribution in [0.1, 0.15) is 76.0 Å². The summed E-state index contributed by atoms with van der Waals surface area (Å²) in [6.45, 7) is 13.6. The van der Waals surface area contributed by atoms with Crippen molar-refractivity contribution in [3.63, 3.8) is 0 Å². The van der Waals surface area contributed by atoms with E-state index in [2.05, 4.69) is 68.8 Å². The number of aromatic nitrogens is 3. The SMILES string of the molecule is COCC(=O)N1CCC(c2nc(-c3cncc([C@@](O)(c4ccc(C(C)C)cc4)C4(C)CN(C)C4)c3)no2)(C(C)C)CC1. The fourth-order valence-corrected chi connectivity index (χ4v) is 7.06. The van der Waals surface area contributed by atoms with Crippen LogP contribution in [0.3, 0.4) is 0 Å². The number of ether oxygens (including phenoxy) is 1. The second-order valence-corrected chi connectivity index (χ2v) is 13.2. The first-order valence-electron chi connectivity index (χ1n) is 15.0. The minimum absolute atomic E-state index is 0.00153. The lowest BCUT2D eigenvalue weighted by Gasteiger charge is -2.55. The molecule has 0 bridgehead atoms. The monoisotopic (exact) mass is 575 g/mol. The standard InChI is InChI=1S/C33H45N5O4/c1-22(2)24-8-10-26(11-9-24)33(40,31(5)20-37(6)21-31)27-16-25(17-34-18-27)29-35-30(42-36-29)32(23(3)4)12-14-38(15-13-32)28(39)19-41-7/h8-11,16-18,22-23,40H,12-15,19-21H2,1-7H3/t33-/m0/s1. The summed E-state index contributed by atoms with van der Waals surface area (Å²) in [6, 6.07) is 10.3. The molecule has 0 saturated carbocycles. The van der Waals surface area contributed by atoms with Gasteiger partial charge in [0.15, 0.2) is 0 Å². The van der Waals surface area contributed by atoms with Gasteiger partial charge in [0.25, 0.3) is 0 Å². The number of hydrogen-bond acceptors (Lipinski definition) is 8. The minimum Gasteiger partial charge on any atom is -0.380 e. The Morgan fingerprint density at radius 2 is 1.76 bits per heavy atom. The highest BCUT2D eigenvalue weighted by Crippen LogP contribution is 2.50. The minimum atomic E-state index is -1.26. The van der Waals surface area contributed by atoms with Crippen LogP contribution in [-0.2, 0) is 20.5 Å². The third-order valence-electron chi connectivity index (χ3n) is 9.75. The summed E-state index contributed by atoms with van der Waals surface area (Å²) in [6.07, 6.45) is 4.95. The van der Waals surface area contributed by atoms with Gasteiger partial charge >= 0.3 is 0 Å². The maximum absolute atomic E-state index is 12.6. The molecule has 3 aromatic rings. The van der Waals surface area contributed by atoms with Gasteiger partial charge in [0.05, 0.1) is 5.41 Å². The van der Waals surface area contributed by atoms with E-state index in [0.717, 1.165) is 31.5 Å². The zero-order valence-corrected chi connectivity index (χ0v) is 26.1. The van der Waals surface area contributed by atoms with Gasteiger partial charge in [0.1, 0.15) is 12.2 Å². The van der Waals surface area contributed by atoms with Crippen LogP contribution in [0.5, 0.6) is 0 Å². The zero-order valence-electron chi connectivity index (χ0n) is 26.1. The van der Waals surface area contributed by atoms with Gasteiger partial charge in [0, 0.05) is 62.2 Å². The van der Waals surface area contributed by atoms with Crippen molar-refractivity contribution in [1.82, 2.24) is 24.9 Å². The van der Waals surface area contributed by atoms with Gasteiger partial charge < -0.3 is 24.2 Å². The Bertz CT molecular complexity index is 1390. The number of carbonyl (C=O) groups excluding carboxylic acids is 1. The summed E-state index contributed by atoms with van der Waals surface area (Å²) >= 11 is 0. The number of piperidine rings is 1. The highest BCUT2D eigenvalue weighted by molar-refractivity contribution is 5.77. The van der Waals surface area contributed by atoms with Gasteiger partial charge in [-0.1, -0.05) is 64.0 Å². The van der Waals surface area contributed by atoms with Crippen molar-refractivity contribution in [1.29, 1.82) is 0 Å². The van der Waals surface area contributed by atoms with Crippen LogP contribution >= 0.6 is 0 Å². The Morgan fingerprint density at radius 1 is 1.10 bits per heavy atom. The highest BCUT2D eigenvalue weighted by atomic mass is 16.5. The Balaban J connectivity index is 1.48. The Morgan fingerprint density at radius 3 is 2.33 bits per heavy atom. The fraction of sp³-hybridized carbons (Fsp3) is 0.576. The quantitative estimate of drug-likeness (QED) is 0.395. The number of rotatable bonds is 9. The third kappa shape index (κ3) is 5.16. The predicted octanol–water partition coefficient (Wildman–Crippen LogP) is 4.61. The molecule has 0 radical (unpaired) electrons. The Kier molecular flexibility index (Phi) is 8.31. The number of aliphatic hydroxyl groups is 1. The molecule has 0 aliphatic carbocycles. The molecule has 9 heteroatoms. The number of likely N-dealkylation sites (tertiary alicyclic amines) is 2. The van der Waals surface area contributed by atoms with E-state index in [1.165, 1.54) is 5.56 Å². The molecule has 2 saturated heterocycles. The number of amides is 1. The number of pyridine rings is 1. The van der Waals surface area contributed by atoms with E-state index >= 15 is 0 Å². The van der Waals surface area contributed by atoms with Crippen LogP contribution < -0.4 is 0 Å². The number of methoxy groups -OCH3 is 1. The molecule has 9 nitrogen and oxygen atoms in total. The van der Waals surface area contributed by atoms with Crippen molar-refractivity contribution in [2.45, 2.75) is 64.4 Å². The van der Waals surface area contributed by atoms with Crippen LogP contribution in [0.2, 0.25) is 0 Å². The van der Waals surface area contributed by atoms with Crippen LogP contribution in [0.25, 0.3) is 11.4 Å². The largest absolute Gasteiger partial charge is 0.380 e. The van der Waals surface area contributed by atoms with E-state index in [4.69, 9.17) is 14.2 Å². The number of benzene rings is 1. The average Bonchev–Trinajstić information content (AvgIpc) is 3.47. The van der Waals surface area contributed by atoms with E-state index in [-0.39, 0.29) is 23.8 Å². The third-order valence-corrected chi connectivity index (χ3v) is 9.75. The van der Waals surface area contributed by atoms with E-state index < -0.39 is 11.0 Å². The molecule has 1 N–H and O–H groups in total. The van der Waals surface area contributed by atoms with E-state index in [1.807, 2.05) is 23.1 Å². The summed E-state index contributed by atoms with van der Waals surface area (Å²) in [5, 5.41) is 17.0. The molecule has 5 rings (SSSR count). The molecule has 0 spiro atoms. The molecule has 1 amide bonds.